The second-order valence-corrected chi connectivity index (χ2v) is 4.26. The van der Waals surface area contributed by atoms with Gasteiger partial charge in [0.15, 0.2) is 0 Å². The molecule has 0 saturated carbocycles. The van der Waals surface area contributed by atoms with E-state index in [9.17, 15) is 4.39 Å². The van der Waals surface area contributed by atoms with Crippen molar-refractivity contribution in [3.05, 3.63) is 28.5 Å². The van der Waals surface area contributed by atoms with Crippen molar-refractivity contribution in [2.24, 2.45) is 5.92 Å². The van der Waals surface area contributed by atoms with E-state index in [2.05, 4.69) is 22.0 Å². The summed E-state index contributed by atoms with van der Waals surface area (Å²) < 4.78 is 18.6. The monoisotopic (exact) mass is 296 g/mol. The molecule has 0 aliphatic rings. The van der Waals surface area contributed by atoms with Gasteiger partial charge in [-0.2, -0.15) is 10.5 Å². The first-order chi connectivity index (χ1) is 8.17. The van der Waals surface area contributed by atoms with Crippen LogP contribution in [-0.4, -0.2) is 6.61 Å². The lowest BCUT2D eigenvalue weighted by Gasteiger charge is -2.10. The highest BCUT2D eigenvalue weighted by molar-refractivity contribution is 9.10. The first-order valence-corrected chi connectivity index (χ1v) is 5.81. The maximum atomic E-state index is 12.9. The Labute approximate surface area is 108 Å². The Balaban J connectivity index is 2.52. The molecule has 1 aromatic carbocycles. The molecule has 0 N–H and O–H groups in total. The first-order valence-electron chi connectivity index (χ1n) is 5.01. The van der Waals surface area contributed by atoms with Crippen LogP contribution in [0.5, 0.6) is 5.75 Å². The first kappa shape index (κ1) is 13.5. The molecule has 0 aliphatic heterocycles. The molecular weight excluding hydrogens is 287 g/mol. The summed E-state index contributed by atoms with van der Waals surface area (Å²) in [5.41, 5.74) is 0. The largest absolute Gasteiger partial charge is 0.492 e. The second-order valence-electron chi connectivity index (χ2n) is 3.41. The quantitative estimate of drug-likeness (QED) is 0.836. The van der Waals surface area contributed by atoms with E-state index < -0.39 is 0 Å². The van der Waals surface area contributed by atoms with E-state index in [0.717, 1.165) is 0 Å². The fraction of sp³-hybridized carbons (Fsp3) is 0.333. The lowest BCUT2D eigenvalue weighted by molar-refractivity contribution is 0.273. The van der Waals surface area contributed by atoms with Crippen LogP contribution in [0.1, 0.15) is 12.8 Å². The van der Waals surface area contributed by atoms with E-state index in [-0.39, 0.29) is 18.3 Å². The highest BCUT2D eigenvalue weighted by Gasteiger charge is 2.09. The Kier molecular flexibility index (Phi) is 5.45. The molecule has 0 heterocycles. The van der Waals surface area contributed by atoms with E-state index >= 15 is 0 Å². The number of nitrogens with zero attached hydrogens (tertiary/aromatic N) is 2. The average Bonchev–Trinajstić information content (AvgIpc) is 2.34. The number of ether oxygens (including phenoxy) is 1. The summed E-state index contributed by atoms with van der Waals surface area (Å²) in [5.74, 6) is -0.187. The third kappa shape index (κ3) is 4.42. The smallest absolute Gasteiger partial charge is 0.137 e. The van der Waals surface area contributed by atoms with Crippen LogP contribution in [0.15, 0.2) is 22.7 Å². The highest BCUT2D eigenvalue weighted by atomic mass is 79.9. The van der Waals surface area contributed by atoms with E-state index in [1.54, 1.807) is 0 Å². The Morgan fingerprint density at radius 3 is 2.76 bits per heavy atom. The number of hydrogen-bond donors (Lipinski definition) is 0. The zero-order chi connectivity index (χ0) is 12.7. The molecule has 0 fully saturated rings. The number of halogens is 2. The summed E-state index contributed by atoms with van der Waals surface area (Å²) in [6.07, 6.45) is 0.810. The molecule has 1 rings (SSSR count). The van der Waals surface area contributed by atoms with Gasteiger partial charge in [0.25, 0.3) is 0 Å². The van der Waals surface area contributed by atoms with Crippen molar-refractivity contribution in [3.8, 4) is 17.9 Å². The van der Waals surface area contributed by atoms with E-state index in [4.69, 9.17) is 15.3 Å². The molecule has 0 unspecified atom stereocenters. The van der Waals surface area contributed by atoms with Crippen LogP contribution < -0.4 is 4.74 Å². The van der Waals surface area contributed by atoms with E-state index in [0.29, 0.717) is 23.1 Å². The predicted molar refractivity (Wildman–Crippen MR) is 63.5 cm³/mol. The maximum Gasteiger partial charge on any atom is 0.137 e. The van der Waals surface area contributed by atoms with Gasteiger partial charge in [0, 0.05) is 6.42 Å². The summed E-state index contributed by atoms with van der Waals surface area (Å²) in [6.45, 7) is 0.205. The minimum absolute atomic E-state index is 0.205. The van der Waals surface area contributed by atoms with Crippen LogP contribution >= 0.6 is 15.9 Å². The Hall–Kier alpha value is -1.59. The van der Waals surface area contributed by atoms with Gasteiger partial charge in [-0.05, 0) is 40.5 Å². The third-order valence-electron chi connectivity index (χ3n) is 2.13. The summed E-state index contributed by atoms with van der Waals surface area (Å²) in [7, 11) is 0. The Morgan fingerprint density at radius 1 is 1.41 bits per heavy atom. The van der Waals surface area contributed by atoms with Gasteiger partial charge in [-0.3, -0.25) is 0 Å². The van der Waals surface area contributed by atoms with Gasteiger partial charge in [-0.15, -0.1) is 0 Å². The van der Waals surface area contributed by atoms with Crippen LogP contribution in [-0.2, 0) is 0 Å². The SMILES string of the molecule is N#CCC[C@H](C#N)COc1ccc(F)c(Br)c1. The molecule has 0 saturated heterocycles. The number of benzene rings is 1. The van der Waals surface area contributed by atoms with E-state index in [1.807, 2.05) is 6.07 Å². The molecule has 88 valence electrons. The summed E-state index contributed by atoms with van der Waals surface area (Å²) in [4.78, 5) is 0. The molecule has 0 spiro atoms. The van der Waals surface area contributed by atoms with Gasteiger partial charge in [0.1, 0.15) is 18.2 Å². The highest BCUT2D eigenvalue weighted by Crippen LogP contribution is 2.22. The van der Waals surface area contributed by atoms with Crippen LogP contribution in [0.3, 0.4) is 0 Å². The minimum atomic E-state index is -0.362. The van der Waals surface area contributed by atoms with Crippen molar-refractivity contribution in [2.45, 2.75) is 12.8 Å². The van der Waals surface area contributed by atoms with Gasteiger partial charge >= 0.3 is 0 Å². The number of nitriles is 2. The molecule has 1 atom stereocenters. The Morgan fingerprint density at radius 2 is 2.18 bits per heavy atom. The lowest BCUT2D eigenvalue weighted by atomic mass is 10.1. The lowest BCUT2D eigenvalue weighted by Crippen LogP contribution is -2.10. The standard InChI is InChI=1S/C12H10BrFN2O/c13-11-6-10(3-4-12(11)14)17-8-9(7-16)2-1-5-15/h3-4,6,9H,1-2,8H2/t9-/m1/s1. The van der Waals surface area contributed by atoms with Crippen LogP contribution in [0.4, 0.5) is 4.39 Å². The van der Waals surface area contributed by atoms with Gasteiger partial charge in [-0.1, -0.05) is 0 Å². The molecule has 5 heteroatoms. The molecule has 1 aromatic rings. The fourth-order valence-corrected chi connectivity index (χ4v) is 1.55. The van der Waals surface area contributed by atoms with Gasteiger partial charge in [0.05, 0.1) is 22.5 Å². The van der Waals surface area contributed by atoms with Gasteiger partial charge in [-0.25, -0.2) is 4.39 Å². The third-order valence-corrected chi connectivity index (χ3v) is 2.74. The van der Waals surface area contributed by atoms with Gasteiger partial charge in [0.2, 0.25) is 0 Å². The van der Waals surface area contributed by atoms with Crippen molar-refractivity contribution >= 4 is 15.9 Å². The summed E-state index contributed by atoms with van der Waals surface area (Å²) in [5, 5.41) is 17.2. The molecule has 0 aromatic heterocycles. The van der Waals surface area contributed by atoms with Crippen molar-refractivity contribution < 1.29 is 9.13 Å². The molecule has 0 radical (unpaired) electrons. The zero-order valence-corrected chi connectivity index (χ0v) is 10.6. The van der Waals surface area contributed by atoms with Crippen molar-refractivity contribution in [3.63, 3.8) is 0 Å². The molecule has 0 bridgehead atoms. The zero-order valence-electron chi connectivity index (χ0n) is 8.99. The fourth-order valence-electron chi connectivity index (χ4n) is 1.19. The van der Waals surface area contributed by atoms with Crippen LogP contribution in [0, 0.1) is 34.4 Å². The molecule has 0 amide bonds. The summed E-state index contributed by atoms with van der Waals surface area (Å²) >= 11 is 3.05. The average molecular weight is 297 g/mol. The van der Waals surface area contributed by atoms with Crippen LogP contribution in [0.2, 0.25) is 0 Å². The maximum absolute atomic E-state index is 12.9. The van der Waals surface area contributed by atoms with Crippen LogP contribution in [0.25, 0.3) is 0 Å². The number of rotatable bonds is 5. The van der Waals surface area contributed by atoms with Crippen molar-refractivity contribution in [2.75, 3.05) is 6.61 Å². The Bertz CT molecular complexity index is 465. The normalized spacial score (nSPS) is 11.3. The summed E-state index contributed by atoms with van der Waals surface area (Å²) in [6, 6.07) is 8.35. The second kappa shape index (κ2) is 6.88. The predicted octanol–water partition coefficient (Wildman–Crippen LogP) is 3.41. The minimum Gasteiger partial charge on any atom is -0.492 e. The molecule has 3 nitrogen and oxygen atoms in total. The molecule has 17 heavy (non-hydrogen) atoms. The number of hydrogen-bond acceptors (Lipinski definition) is 3. The van der Waals surface area contributed by atoms with E-state index in [1.165, 1.54) is 18.2 Å². The van der Waals surface area contributed by atoms with Crippen molar-refractivity contribution in [1.82, 2.24) is 0 Å². The van der Waals surface area contributed by atoms with Gasteiger partial charge < -0.3 is 4.74 Å². The van der Waals surface area contributed by atoms with Crippen molar-refractivity contribution in [1.29, 1.82) is 10.5 Å². The molecular formula is C12H10BrFN2O. The topological polar surface area (TPSA) is 56.8 Å². The molecule has 0 aliphatic carbocycles.